The molecule has 0 unspecified atom stereocenters. The zero-order valence-corrected chi connectivity index (χ0v) is 15.6. The summed E-state index contributed by atoms with van der Waals surface area (Å²) >= 11 is 0. The second-order valence-electron chi connectivity index (χ2n) is 6.38. The van der Waals surface area contributed by atoms with Gasteiger partial charge in [-0.25, -0.2) is 9.37 Å². The predicted octanol–water partition coefficient (Wildman–Crippen LogP) is 3.86. The summed E-state index contributed by atoms with van der Waals surface area (Å²) < 4.78 is 15.0. The molecular formula is C21H23FN4O. The minimum atomic E-state index is -0.269. The summed E-state index contributed by atoms with van der Waals surface area (Å²) in [6, 6.07) is 6.50. The maximum atomic E-state index is 13.6. The minimum Gasteiger partial charge on any atom is -0.383 e. The zero-order valence-electron chi connectivity index (χ0n) is 15.6. The zero-order chi connectivity index (χ0) is 19.2. The summed E-state index contributed by atoms with van der Waals surface area (Å²) in [6.45, 7) is 0. The van der Waals surface area contributed by atoms with Crippen molar-refractivity contribution in [2.24, 2.45) is 4.99 Å². The molecule has 1 aliphatic carbocycles. The van der Waals surface area contributed by atoms with Crippen LogP contribution in [-0.4, -0.2) is 35.3 Å². The van der Waals surface area contributed by atoms with Gasteiger partial charge in [-0.2, -0.15) is 0 Å². The van der Waals surface area contributed by atoms with Gasteiger partial charge in [-0.1, -0.05) is 12.1 Å². The molecule has 1 aromatic heterocycles. The molecule has 0 saturated heterocycles. The fourth-order valence-electron chi connectivity index (χ4n) is 3.40. The molecule has 0 amide bonds. The van der Waals surface area contributed by atoms with Gasteiger partial charge in [0.25, 0.3) is 5.91 Å². The number of rotatable bonds is 3. The lowest BCUT2D eigenvalue weighted by atomic mass is 9.96. The van der Waals surface area contributed by atoms with Crippen molar-refractivity contribution in [3.63, 3.8) is 0 Å². The van der Waals surface area contributed by atoms with Crippen LogP contribution in [0.5, 0.6) is 0 Å². The third kappa shape index (κ3) is 4.22. The molecule has 2 aromatic rings. The summed E-state index contributed by atoms with van der Waals surface area (Å²) in [4.78, 5) is 21.4. The summed E-state index contributed by atoms with van der Waals surface area (Å²) in [5.41, 5.74) is 4.01. The number of halogens is 1. The fraction of sp³-hybridized carbons (Fsp3) is 0.286. The number of nitrogens with zero attached hydrogens (tertiary/aromatic N) is 3. The monoisotopic (exact) mass is 366 g/mol. The summed E-state index contributed by atoms with van der Waals surface area (Å²) in [7, 11) is 3.47. The summed E-state index contributed by atoms with van der Waals surface area (Å²) in [5, 5.41) is 3.06. The first-order chi connectivity index (χ1) is 13.1. The number of hydrogen-bond acceptors (Lipinski definition) is 4. The molecule has 0 spiro atoms. The molecule has 1 saturated carbocycles. The Morgan fingerprint density at radius 3 is 2.81 bits per heavy atom. The highest BCUT2D eigenvalue weighted by Gasteiger charge is 2.24. The second-order valence-corrected chi connectivity index (χ2v) is 6.38. The highest BCUT2D eigenvalue weighted by atomic mass is 19.1. The number of nitrogens with one attached hydrogen (secondary N) is 1. The van der Waals surface area contributed by atoms with E-state index in [2.05, 4.69) is 15.3 Å². The number of imidazole rings is 1. The Labute approximate surface area is 158 Å². The van der Waals surface area contributed by atoms with Gasteiger partial charge >= 0.3 is 0 Å². The van der Waals surface area contributed by atoms with Crippen LogP contribution < -0.4 is 5.32 Å². The van der Waals surface area contributed by atoms with Crippen molar-refractivity contribution in [1.82, 2.24) is 14.9 Å². The van der Waals surface area contributed by atoms with Crippen LogP contribution in [0.3, 0.4) is 0 Å². The molecule has 1 N–H and O–H groups in total. The predicted molar refractivity (Wildman–Crippen MR) is 105 cm³/mol. The van der Waals surface area contributed by atoms with Crippen molar-refractivity contribution in [2.75, 3.05) is 14.1 Å². The quantitative estimate of drug-likeness (QED) is 0.663. The number of carbonyl (C=O) groups excluding carboxylic acids is 1. The molecule has 140 valence electrons. The molecule has 0 bridgehead atoms. The molecule has 0 aliphatic heterocycles. The van der Waals surface area contributed by atoms with Gasteiger partial charge in [-0.05, 0) is 55.0 Å². The number of allylic oxidation sites excluding steroid dienone is 3. The number of benzene rings is 1. The molecule has 5 nitrogen and oxygen atoms in total. The van der Waals surface area contributed by atoms with E-state index in [1.807, 2.05) is 12.1 Å². The van der Waals surface area contributed by atoms with Gasteiger partial charge in [-0.15, -0.1) is 0 Å². The van der Waals surface area contributed by atoms with Crippen LogP contribution in [0.25, 0.3) is 6.08 Å². The first-order valence-electron chi connectivity index (χ1n) is 9.01. The number of hydrogen-bond donors (Lipinski definition) is 1. The maximum absolute atomic E-state index is 13.6. The Morgan fingerprint density at radius 2 is 2.15 bits per heavy atom. The number of aliphatic imine (C=N–C) groups is 1. The van der Waals surface area contributed by atoms with Crippen molar-refractivity contribution in [2.45, 2.75) is 25.7 Å². The van der Waals surface area contributed by atoms with Crippen molar-refractivity contribution in [3.05, 3.63) is 71.2 Å². The third-order valence-corrected chi connectivity index (χ3v) is 4.63. The molecule has 1 heterocycles. The third-order valence-electron chi connectivity index (χ3n) is 4.63. The van der Waals surface area contributed by atoms with Crippen molar-refractivity contribution in [3.8, 4) is 0 Å². The van der Waals surface area contributed by atoms with Gasteiger partial charge in [0.15, 0.2) is 0 Å². The van der Waals surface area contributed by atoms with Gasteiger partial charge in [0.05, 0.1) is 5.71 Å². The van der Waals surface area contributed by atoms with E-state index in [0.29, 0.717) is 5.70 Å². The largest absolute Gasteiger partial charge is 0.383 e. The Morgan fingerprint density at radius 1 is 1.33 bits per heavy atom. The highest BCUT2D eigenvalue weighted by Crippen LogP contribution is 2.28. The van der Waals surface area contributed by atoms with E-state index < -0.39 is 0 Å². The number of likely N-dealkylation sites (N-methyl/N-ethyl adjacent to an activating group) is 1. The van der Waals surface area contributed by atoms with Crippen LogP contribution in [0.1, 0.15) is 36.0 Å². The Hall–Kier alpha value is -3.02. The van der Waals surface area contributed by atoms with E-state index in [4.69, 9.17) is 0 Å². The number of aromatic nitrogens is 2. The van der Waals surface area contributed by atoms with E-state index in [9.17, 15) is 9.18 Å². The van der Waals surface area contributed by atoms with Gasteiger partial charge < -0.3 is 5.32 Å². The van der Waals surface area contributed by atoms with E-state index in [1.54, 1.807) is 32.6 Å². The van der Waals surface area contributed by atoms with E-state index in [-0.39, 0.29) is 11.7 Å². The molecular weight excluding hydrogens is 343 g/mol. The Bertz CT molecular complexity index is 910. The molecule has 0 atom stereocenters. The van der Waals surface area contributed by atoms with E-state index in [1.165, 1.54) is 23.0 Å². The fourth-order valence-corrected chi connectivity index (χ4v) is 3.40. The SMILES string of the molecule is CN=C1C(=C(NC)C(=O)n2ccnc2)CCCC/C1=C\c1cccc(F)c1. The van der Waals surface area contributed by atoms with Gasteiger partial charge in [0.1, 0.15) is 17.8 Å². The van der Waals surface area contributed by atoms with Crippen LogP contribution in [0.15, 0.2) is 64.8 Å². The molecule has 0 radical (unpaired) electrons. The normalized spacial score (nSPS) is 19.8. The minimum absolute atomic E-state index is 0.168. The topological polar surface area (TPSA) is 59.3 Å². The molecule has 1 aliphatic rings. The van der Waals surface area contributed by atoms with Gasteiger partial charge in [0.2, 0.25) is 0 Å². The Balaban J connectivity index is 2.07. The molecule has 1 fully saturated rings. The average Bonchev–Trinajstić information content (AvgIpc) is 3.13. The number of carbonyl (C=O) groups is 1. The summed E-state index contributed by atoms with van der Waals surface area (Å²) in [5.74, 6) is -0.437. The van der Waals surface area contributed by atoms with Crippen LogP contribution in [0, 0.1) is 5.82 Å². The molecule has 6 heteroatoms. The van der Waals surface area contributed by atoms with Gasteiger partial charge in [0, 0.05) is 32.1 Å². The molecule has 1 aromatic carbocycles. The van der Waals surface area contributed by atoms with E-state index >= 15 is 0 Å². The van der Waals surface area contributed by atoms with Crippen LogP contribution in [0.2, 0.25) is 0 Å². The first kappa shape index (κ1) is 18.8. The van der Waals surface area contributed by atoms with E-state index in [0.717, 1.165) is 48.1 Å². The molecule has 3 rings (SSSR count). The first-order valence-corrected chi connectivity index (χ1v) is 9.01. The van der Waals surface area contributed by atoms with Crippen molar-refractivity contribution in [1.29, 1.82) is 0 Å². The highest BCUT2D eigenvalue weighted by molar-refractivity contribution is 6.18. The van der Waals surface area contributed by atoms with Crippen molar-refractivity contribution >= 4 is 17.7 Å². The average molecular weight is 366 g/mol. The molecule has 27 heavy (non-hydrogen) atoms. The Kier molecular flexibility index (Phi) is 5.96. The standard InChI is InChI=1S/C21H23FN4O/c1-23-19-16(12-15-6-5-8-17(22)13-15)7-3-4-9-18(19)20(24-2)21(27)26-11-10-25-14-26/h5-6,8,10-14,24H,3-4,7,9H2,1-2H3/b16-12+,20-18?,23-19?. The van der Waals surface area contributed by atoms with Crippen LogP contribution in [0.4, 0.5) is 4.39 Å². The lowest BCUT2D eigenvalue weighted by molar-refractivity contribution is 0.0947. The van der Waals surface area contributed by atoms with Gasteiger partial charge in [-0.3, -0.25) is 14.4 Å². The smallest absolute Gasteiger partial charge is 0.279 e. The lowest BCUT2D eigenvalue weighted by Crippen LogP contribution is -2.26. The van der Waals surface area contributed by atoms with Crippen molar-refractivity contribution < 1.29 is 9.18 Å². The lowest BCUT2D eigenvalue weighted by Gasteiger charge is -2.16. The van der Waals surface area contributed by atoms with Crippen LogP contribution in [-0.2, 0) is 0 Å². The second kappa shape index (κ2) is 8.58. The van der Waals surface area contributed by atoms with Crippen LogP contribution >= 0.6 is 0 Å². The maximum Gasteiger partial charge on any atom is 0.279 e. The summed E-state index contributed by atoms with van der Waals surface area (Å²) in [6.07, 6.45) is 10.2.